The fraction of sp³-hybridized carbons (Fsp3) is 0.125. The van der Waals surface area contributed by atoms with E-state index in [2.05, 4.69) is 4.99 Å². The molecular weight excluding hydrogens is 333 g/mol. The maximum Gasteiger partial charge on any atom is 0.271 e. The van der Waals surface area contributed by atoms with Crippen molar-refractivity contribution in [2.24, 2.45) is 4.99 Å². The summed E-state index contributed by atoms with van der Waals surface area (Å²) in [4.78, 5) is 20.7. The van der Waals surface area contributed by atoms with Crippen molar-refractivity contribution in [3.05, 3.63) is 72.2 Å². The van der Waals surface area contributed by atoms with Gasteiger partial charge < -0.3 is 4.90 Å². The Morgan fingerprint density at radius 3 is 2.96 bits per heavy atom. The molecule has 7 heteroatoms. The molecule has 0 radical (unpaired) electrons. The maximum absolute atomic E-state index is 13.4. The molecule has 1 aromatic carbocycles. The summed E-state index contributed by atoms with van der Waals surface area (Å²) in [5.74, 6) is -0.294. The SMILES string of the molecule is O=c1/c(=C/c2cccs2)sc2n1CN(c1cccc(F)c1)CN=2. The summed E-state index contributed by atoms with van der Waals surface area (Å²) in [5.41, 5.74) is 0.671. The van der Waals surface area contributed by atoms with E-state index in [-0.39, 0.29) is 11.4 Å². The molecule has 0 unspecified atom stereocenters. The first-order chi connectivity index (χ1) is 11.2. The van der Waals surface area contributed by atoms with E-state index in [4.69, 9.17) is 0 Å². The van der Waals surface area contributed by atoms with E-state index in [1.54, 1.807) is 22.0 Å². The summed E-state index contributed by atoms with van der Waals surface area (Å²) in [6.07, 6.45) is 1.89. The van der Waals surface area contributed by atoms with Crippen LogP contribution in [0.1, 0.15) is 4.88 Å². The zero-order valence-electron chi connectivity index (χ0n) is 12.0. The second-order valence-corrected chi connectivity index (χ2v) is 7.09. The lowest BCUT2D eigenvalue weighted by Gasteiger charge is -2.25. The molecule has 0 amide bonds. The molecule has 0 fully saturated rings. The summed E-state index contributed by atoms with van der Waals surface area (Å²) >= 11 is 2.99. The number of halogens is 1. The molecule has 1 aliphatic heterocycles. The van der Waals surface area contributed by atoms with Gasteiger partial charge in [-0.25, -0.2) is 9.38 Å². The first kappa shape index (κ1) is 14.3. The number of anilines is 1. The van der Waals surface area contributed by atoms with Gasteiger partial charge in [-0.15, -0.1) is 11.3 Å². The maximum atomic E-state index is 13.4. The third kappa shape index (κ3) is 2.73. The molecule has 4 rings (SSSR count). The van der Waals surface area contributed by atoms with Crippen LogP contribution in [0, 0.1) is 5.82 Å². The quantitative estimate of drug-likeness (QED) is 0.712. The summed E-state index contributed by atoms with van der Waals surface area (Å²) < 4.78 is 15.7. The molecule has 1 aliphatic rings. The van der Waals surface area contributed by atoms with Crippen molar-refractivity contribution in [1.82, 2.24) is 4.57 Å². The van der Waals surface area contributed by atoms with E-state index in [0.29, 0.717) is 22.7 Å². The lowest BCUT2D eigenvalue weighted by Crippen LogP contribution is -2.42. The molecule has 116 valence electrons. The number of thiophene rings is 1. The van der Waals surface area contributed by atoms with Crippen molar-refractivity contribution in [2.45, 2.75) is 6.67 Å². The molecule has 0 atom stereocenters. The van der Waals surface area contributed by atoms with E-state index < -0.39 is 0 Å². The van der Waals surface area contributed by atoms with E-state index in [1.165, 1.54) is 23.5 Å². The Morgan fingerprint density at radius 2 is 2.17 bits per heavy atom. The standard InChI is InChI=1S/C16H12FN3OS2/c17-11-3-1-4-12(7-11)19-9-18-16-20(10-19)15(21)14(23-16)8-13-5-2-6-22-13/h1-8H,9-10H2/b14-8-. The van der Waals surface area contributed by atoms with Gasteiger partial charge in [0.1, 0.15) is 19.2 Å². The predicted molar refractivity (Wildman–Crippen MR) is 91.0 cm³/mol. The van der Waals surface area contributed by atoms with Crippen LogP contribution in [0.3, 0.4) is 0 Å². The minimum atomic E-state index is -0.294. The van der Waals surface area contributed by atoms with Crippen molar-refractivity contribution in [1.29, 1.82) is 0 Å². The van der Waals surface area contributed by atoms with Crippen molar-refractivity contribution in [3.63, 3.8) is 0 Å². The zero-order valence-corrected chi connectivity index (χ0v) is 13.6. The Labute approximate surface area is 139 Å². The van der Waals surface area contributed by atoms with Gasteiger partial charge in [0.05, 0.1) is 4.53 Å². The number of hydrogen-bond acceptors (Lipinski definition) is 5. The van der Waals surface area contributed by atoms with Crippen LogP contribution in [0.25, 0.3) is 6.08 Å². The largest absolute Gasteiger partial charge is 0.333 e. The number of nitrogens with zero attached hydrogens (tertiary/aromatic N) is 3. The monoisotopic (exact) mass is 345 g/mol. The summed E-state index contributed by atoms with van der Waals surface area (Å²) in [5, 5.41) is 1.98. The third-order valence-electron chi connectivity index (χ3n) is 3.57. The molecule has 0 saturated heterocycles. The fourth-order valence-electron chi connectivity index (χ4n) is 2.45. The normalized spacial score (nSPS) is 14.7. The van der Waals surface area contributed by atoms with Crippen molar-refractivity contribution in [3.8, 4) is 0 Å². The van der Waals surface area contributed by atoms with Gasteiger partial charge in [-0.3, -0.25) is 9.36 Å². The van der Waals surface area contributed by atoms with Gasteiger partial charge in [0, 0.05) is 10.6 Å². The number of thiazole rings is 1. The van der Waals surface area contributed by atoms with Crippen LogP contribution in [-0.4, -0.2) is 11.2 Å². The highest BCUT2D eigenvalue weighted by Gasteiger charge is 2.16. The second-order valence-electron chi connectivity index (χ2n) is 5.10. The topological polar surface area (TPSA) is 37.6 Å². The van der Waals surface area contributed by atoms with E-state index in [1.807, 2.05) is 34.6 Å². The van der Waals surface area contributed by atoms with Gasteiger partial charge in [0.2, 0.25) is 0 Å². The summed E-state index contributed by atoms with van der Waals surface area (Å²) in [7, 11) is 0. The molecule has 3 heterocycles. The van der Waals surface area contributed by atoms with E-state index in [9.17, 15) is 9.18 Å². The lowest BCUT2D eigenvalue weighted by molar-refractivity contribution is 0.565. The van der Waals surface area contributed by atoms with Gasteiger partial charge in [0.15, 0.2) is 4.80 Å². The van der Waals surface area contributed by atoms with Gasteiger partial charge in [-0.05, 0) is 35.7 Å². The molecular formula is C16H12FN3OS2. The van der Waals surface area contributed by atoms with Crippen LogP contribution in [-0.2, 0) is 6.67 Å². The average Bonchev–Trinajstić information content (AvgIpc) is 3.17. The van der Waals surface area contributed by atoms with Crippen molar-refractivity contribution in [2.75, 3.05) is 11.6 Å². The van der Waals surface area contributed by atoms with Gasteiger partial charge in [-0.1, -0.05) is 23.5 Å². The zero-order chi connectivity index (χ0) is 15.8. The highest BCUT2D eigenvalue weighted by Crippen LogP contribution is 2.16. The summed E-state index contributed by atoms with van der Waals surface area (Å²) in [6.45, 7) is 0.803. The Kier molecular flexibility index (Phi) is 3.59. The molecule has 23 heavy (non-hydrogen) atoms. The minimum Gasteiger partial charge on any atom is -0.333 e. The minimum absolute atomic E-state index is 0.0525. The number of aromatic nitrogens is 1. The number of benzene rings is 1. The smallest absolute Gasteiger partial charge is 0.271 e. The average molecular weight is 345 g/mol. The summed E-state index contributed by atoms with van der Waals surface area (Å²) in [6, 6.07) is 10.3. The number of rotatable bonds is 2. The molecule has 4 nitrogen and oxygen atoms in total. The van der Waals surface area contributed by atoms with Crippen LogP contribution in [0.4, 0.5) is 10.1 Å². The number of hydrogen-bond donors (Lipinski definition) is 0. The Hall–Kier alpha value is -2.25. The first-order valence-corrected chi connectivity index (χ1v) is 8.70. The highest BCUT2D eigenvalue weighted by molar-refractivity contribution is 7.11. The van der Waals surface area contributed by atoms with Crippen LogP contribution in [0.2, 0.25) is 0 Å². The Morgan fingerprint density at radius 1 is 1.26 bits per heavy atom. The lowest BCUT2D eigenvalue weighted by atomic mass is 10.3. The molecule has 3 aromatic rings. The molecule has 0 N–H and O–H groups in total. The van der Waals surface area contributed by atoms with Crippen LogP contribution in [0.15, 0.2) is 51.6 Å². The van der Waals surface area contributed by atoms with E-state index in [0.717, 1.165) is 10.6 Å². The molecule has 0 saturated carbocycles. The Balaban J connectivity index is 1.74. The van der Waals surface area contributed by atoms with Crippen molar-refractivity contribution >= 4 is 34.4 Å². The predicted octanol–water partition coefficient (Wildman–Crippen LogP) is 1.99. The highest BCUT2D eigenvalue weighted by atomic mass is 32.1. The van der Waals surface area contributed by atoms with Crippen molar-refractivity contribution < 1.29 is 4.39 Å². The fourth-order valence-corrected chi connectivity index (χ4v) is 4.14. The Bertz CT molecular complexity index is 1020. The molecule has 2 aromatic heterocycles. The molecule has 0 aliphatic carbocycles. The van der Waals surface area contributed by atoms with Gasteiger partial charge in [-0.2, -0.15) is 0 Å². The van der Waals surface area contributed by atoms with Crippen LogP contribution >= 0.6 is 22.7 Å². The van der Waals surface area contributed by atoms with Gasteiger partial charge >= 0.3 is 0 Å². The molecule has 0 bridgehead atoms. The molecule has 0 spiro atoms. The van der Waals surface area contributed by atoms with Gasteiger partial charge in [0.25, 0.3) is 5.56 Å². The number of fused-ring (bicyclic) bond motifs is 1. The third-order valence-corrected chi connectivity index (χ3v) is 5.43. The second kappa shape index (κ2) is 5.75. The van der Waals surface area contributed by atoms with E-state index >= 15 is 0 Å². The van der Waals surface area contributed by atoms with Crippen LogP contribution in [0.5, 0.6) is 0 Å². The first-order valence-electron chi connectivity index (χ1n) is 7.00. The van der Waals surface area contributed by atoms with Crippen LogP contribution < -0.4 is 19.8 Å².